The number of hydrogen-bond donors (Lipinski definition) is 2. The Morgan fingerprint density at radius 1 is 0.927 bits per heavy atom. The van der Waals surface area contributed by atoms with E-state index in [4.69, 9.17) is 4.42 Å². The van der Waals surface area contributed by atoms with E-state index in [-0.39, 0.29) is 23.4 Å². The Morgan fingerprint density at radius 3 is 2.22 bits per heavy atom. The van der Waals surface area contributed by atoms with Crippen molar-refractivity contribution in [1.82, 2.24) is 9.88 Å². The maximum Gasteiger partial charge on any atom is 0.452 e. The molecule has 1 aromatic heterocycles. The van der Waals surface area contributed by atoms with E-state index in [9.17, 15) is 32.7 Å². The summed E-state index contributed by atoms with van der Waals surface area (Å²) in [5.41, 5.74) is 0.581. The molecule has 2 aliphatic rings. The fourth-order valence-corrected chi connectivity index (χ4v) is 5.40. The van der Waals surface area contributed by atoms with Crippen LogP contribution in [0.1, 0.15) is 41.9 Å². The minimum absolute atomic E-state index is 0.00941. The molecule has 0 radical (unpaired) electrons. The summed E-state index contributed by atoms with van der Waals surface area (Å²) < 4.78 is 45.7. The van der Waals surface area contributed by atoms with Gasteiger partial charge in [0.05, 0.1) is 5.92 Å². The van der Waals surface area contributed by atoms with Crippen molar-refractivity contribution < 1.29 is 37.1 Å². The first-order chi connectivity index (χ1) is 19.6. The van der Waals surface area contributed by atoms with Crippen molar-refractivity contribution in [2.24, 2.45) is 11.8 Å². The number of benzene rings is 2. The van der Waals surface area contributed by atoms with Gasteiger partial charge in [0.25, 0.3) is 5.91 Å². The Bertz CT molecular complexity index is 1400. The van der Waals surface area contributed by atoms with Gasteiger partial charge in [-0.3, -0.25) is 14.4 Å². The molecule has 3 aromatic rings. The molecule has 5 rings (SSSR count). The fourth-order valence-electron chi connectivity index (χ4n) is 5.40. The highest BCUT2D eigenvalue weighted by Gasteiger charge is 2.42. The Balaban J connectivity index is 1.20. The van der Waals surface area contributed by atoms with Gasteiger partial charge in [-0.1, -0.05) is 24.6 Å². The van der Waals surface area contributed by atoms with Gasteiger partial charge in [-0.15, -0.1) is 0 Å². The molecule has 41 heavy (non-hydrogen) atoms. The van der Waals surface area contributed by atoms with E-state index in [1.165, 1.54) is 12.1 Å². The molecule has 0 spiro atoms. The highest BCUT2D eigenvalue weighted by molar-refractivity contribution is 6.04. The van der Waals surface area contributed by atoms with Gasteiger partial charge in [-0.2, -0.15) is 13.2 Å². The average molecular weight is 571 g/mol. The molecule has 2 unspecified atom stereocenters. The summed E-state index contributed by atoms with van der Waals surface area (Å²) in [5, 5.41) is 11.8. The molecule has 1 aliphatic carbocycles. The lowest BCUT2D eigenvalue weighted by atomic mass is 9.80. The Labute approximate surface area is 234 Å². The van der Waals surface area contributed by atoms with Gasteiger partial charge in [0.15, 0.2) is 5.69 Å². The standard InChI is InChI=1S/C29H29F3N4O5/c30-29(31,32)24-23(34-26(41-24)18-5-2-1-3-6-18)25(37)33-21-9-11-22(12-10-21)35-13-15-36(16-14-35)27(38)19-7-4-8-20(17-19)28(39)40/h1-3,5-6,9-12,19-20H,4,7-8,13-17H2,(H,33,37)(H,39,40). The topological polar surface area (TPSA) is 116 Å². The van der Waals surface area contributed by atoms with Crippen LogP contribution in [0.5, 0.6) is 0 Å². The number of carbonyl (C=O) groups is 3. The zero-order chi connectivity index (χ0) is 29.1. The van der Waals surface area contributed by atoms with E-state index in [0.29, 0.717) is 51.0 Å². The summed E-state index contributed by atoms with van der Waals surface area (Å²) in [6, 6.07) is 14.7. The Morgan fingerprint density at radius 2 is 1.59 bits per heavy atom. The number of nitrogens with one attached hydrogen (secondary N) is 1. The van der Waals surface area contributed by atoms with Gasteiger partial charge in [0.2, 0.25) is 17.6 Å². The summed E-state index contributed by atoms with van der Waals surface area (Å²) in [5.74, 6) is -4.37. The van der Waals surface area contributed by atoms with Gasteiger partial charge in [0, 0.05) is 49.0 Å². The highest BCUT2D eigenvalue weighted by atomic mass is 19.4. The monoisotopic (exact) mass is 570 g/mol. The highest BCUT2D eigenvalue weighted by Crippen LogP contribution is 2.36. The second-order valence-electron chi connectivity index (χ2n) is 10.3. The maximum absolute atomic E-state index is 13.6. The largest absolute Gasteiger partial charge is 0.481 e. The second-order valence-corrected chi connectivity index (χ2v) is 10.3. The van der Waals surface area contributed by atoms with E-state index in [2.05, 4.69) is 15.2 Å². The SMILES string of the molecule is O=C(Nc1ccc(N2CCN(C(=O)C3CCCC(C(=O)O)C3)CC2)cc1)c1nc(-c2ccccc2)oc1C(F)(F)F. The molecule has 2 aromatic carbocycles. The van der Waals surface area contributed by atoms with Crippen LogP contribution in [0.4, 0.5) is 24.5 Å². The molecular weight excluding hydrogens is 541 g/mol. The summed E-state index contributed by atoms with van der Waals surface area (Å²) in [4.78, 5) is 44.8. The molecule has 2 amide bonds. The zero-order valence-electron chi connectivity index (χ0n) is 22.1. The Kier molecular flexibility index (Phi) is 8.00. The number of aliphatic carboxylic acids is 1. The lowest BCUT2D eigenvalue weighted by Crippen LogP contribution is -2.51. The number of rotatable bonds is 6. The number of anilines is 2. The van der Waals surface area contributed by atoms with Crippen LogP contribution >= 0.6 is 0 Å². The van der Waals surface area contributed by atoms with Gasteiger partial charge < -0.3 is 24.6 Å². The van der Waals surface area contributed by atoms with E-state index < -0.39 is 35.4 Å². The van der Waals surface area contributed by atoms with Crippen LogP contribution in [-0.2, 0) is 15.8 Å². The predicted octanol–water partition coefficient (Wildman–Crippen LogP) is 5.15. The average Bonchev–Trinajstić information content (AvgIpc) is 3.45. The molecule has 2 N–H and O–H groups in total. The van der Waals surface area contributed by atoms with Crippen LogP contribution in [0.2, 0.25) is 0 Å². The molecular formula is C29H29F3N4O5. The third-order valence-corrected chi connectivity index (χ3v) is 7.57. The fraction of sp³-hybridized carbons (Fsp3) is 0.379. The van der Waals surface area contributed by atoms with Crippen molar-refractivity contribution in [3.8, 4) is 11.5 Å². The normalized spacial score (nSPS) is 19.6. The van der Waals surface area contributed by atoms with Crippen LogP contribution in [0.25, 0.3) is 11.5 Å². The van der Waals surface area contributed by atoms with Crippen LogP contribution in [0, 0.1) is 11.8 Å². The first kappa shape index (κ1) is 28.2. The molecule has 2 atom stereocenters. The molecule has 1 aliphatic heterocycles. The number of halogens is 3. The van der Waals surface area contributed by atoms with Crippen LogP contribution in [0.15, 0.2) is 59.0 Å². The van der Waals surface area contributed by atoms with Crippen molar-refractivity contribution in [1.29, 1.82) is 0 Å². The number of nitrogens with zero attached hydrogens (tertiary/aromatic N) is 3. The number of carboxylic acid groups (broad SMARTS) is 1. The van der Waals surface area contributed by atoms with E-state index in [1.54, 1.807) is 47.4 Å². The van der Waals surface area contributed by atoms with E-state index >= 15 is 0 Å². The summed E-state index contributed by atoms with van der Waals surface area (Å²) >= 11 is 0. The smallest absolute Gasteiger partial charge is 0.452 e. The molecule has 2 fully saturated rings. The number of oxazole rings is 1. The second kappa shape index (κ2) is 11.6. The van der Waals surface area contributed by atoms with Crippen molar-refractivity contribution in [2.45, 2.75) is 31.9 Å². The molecule has 0 bridgehead atoms. The minimum Gasteiger partial charge on any atom is -0.481 e. The molecule has 9 nitrogen and oxygen atoms in total. The lowest BCUT2D eigenvalue weighted by Gasteiger charge is -2.38. The number of carbonyl (C=O) groups excluding carboxylic acids is 2. The van der Waals surface area contributed by atoms with Gasteiger partial charge in [0.1, 0.15) is 0 Å². The minimum atomic E-state index is -4.91. The molecule has 1 saturated carbocycles. The number of alkyl halides is 3. The third-order valence-electron chi connectivity index (χ3n) is 7.57. The molecule has 12 heteroatoms. The first-order valence-electron chi connectivity index (χ1n) is 13.4. The number of carboxylic acids is 1. The number of piperazine rings is 1. The third kappa shape index (κ3) is 6.36. The summed E-state index contributed by atoms with van der Waals surface area (Å²) in [6.07, 6.45) is -2.47. The van der Waals surface area contributed by atoms with Crippen molar-refractivity contribution >= 4 is 29.2 Å². The maximum atomic E-state index is 13.6. The van der Waals surface area contributed by atoms with Crippen LogP contribution < -0.4 is 10.2 Å². The van der Waals surface area contributed by atoms with Gasteiger partial charge >= 0.3 is 12.1 Å². The lowest BCUT2D eigenvalue weighted by molar-refractivity contribution is -0.153. The number of aromatic nitrogens is 1. The van der Waals surface area contributed by atoms with E-state index in [1.807, 2.05) is 0 Å². The zero-order valence-corrected chi connectivity index (χ0v) is 22.1. The quantitative estimate of drug-likeness (QED) is 0.421. The van der Waals surface area contributed by atoms with Crippen molar-refractivity contribution in [3.63, 3.8) is 0 Å². The van der Waals surface area contributed by atoms with Gasteiger partial charge in [-0.05, 0) is 55.7 Å². The van der Waals surface area contributed by atoms with Crippen LogP contribution in [-0.4, -0.2) is 59.0 Å². The number of amides is 2. The first-order valence-corrected chi connectivity index (χ1v) is 13.4. The Hall–Kier alpha value is -4.35. The van der Waals surface area contributed by atoms with E-state index in [0.717, 1.165) is 12.1 Å². The predicted molar refractivity (Wildman–Crippen MR) is 143 cm³/mol. The van der Waals surface area contributed by atoms with Crippen molar-refractivity contribution in [3.05, 3.63) is 66.1 Å². The molecule has 1 saturated heterocycles. The van der Waals surface area contributed by atoms with Crippen LogP contribution in [0.3, 0.4) is 0 Å². The molecule has 2 heterocycles. The van der Waals surface area contributed by atoms with Gasteiger partial charge in [-0.25, -0.2) is 4.98 Å². The summed E-state index contributed by atoms with van der Waals surface area (Å²) in [6.45, 7) is 2.15. The van der Waals surface area contributed by atoms with Crippen molar-refractivity contribution in [2.75, 3.05) is 36.4 Å². The summed E-state index contributed by atoms with van der Waals surface area (Å²) in [7, 11) is 0. The molecule has 216 valence electrons. The number of hydrogen-bond acceptors (Lipinski definition) is 6.